The topological polar surface area (TPSA) is 46.2 Å². The van der Waals surface area contributed by atoms with Gasteiger partial charge in [-0.25, -0.2) is 0 Å². The summed E-state index contributed by atoms with van der Waals surface area (Å²) in [4.78, 5) is 24.0. The first-order valence-corrected chi connectivity index (χ1v) is 5.63. The molecular formula is C10H7NO2S. The number of nitrogens with one attached hydrogen (secondary N) is 1. The van der Waals surface area contributed by atoms with Crippen LogP contribution in [0.2, 0.25) is 0 Å². The zero-order chi connectivity index (χ0) is 9.71. The summed E-state index contributed by atoms with van der Waals surface area (Å²) in [6.45, 7) is 0. The summed E-state index contributed by atoms with van der Waals surface area (Å²) in [5.74, 6) is -0.289. The lowest BCUT2D eigenvalue weighted by Crippen LogP contribution is -2.26. The molecule has 0 saturated carbocycles. The molecule has 2 bridgehead atoms. The largest absolute Gasteiger partial charge is 0.284 e. The normalized spacial score (nSPS) is 24.7. The van der Waals surface area contributed by atoms with E-state index in [1.165, 1.54) is 0 Å². The summed E-state index contributed by atoms with van der Waals surface area (Å²) in [5, 5.41) is 4.11. The molecular weight excluding hydrogens is 198 g/mol. The summed E-state index contributed by atoms with van der Waals surface area (Å²) >= 11 is 0. The van der Waals surface area contributed by atoms with Gasteiger partial charge < -0.3 is 0 Å². The van der Waals surface area contributed by atoms with E-state index < -0.39 is 10.9 Å². The van der Waals surface area contributed by atoms with E-state index in [1.54, 1.807) is 6.07 Å². The number of imide groups is 1. The second-order valence-electron chi connectivity index (χ2n) is 3.22. The van der Waals surface area contributed by atoms with E-state index >= 15 is 0 Å². The predicted molar refractivity (Wildman–Crippen MR) is 55.6 cm³/mol. The van der Waals surface area contributed by atoms with Crippen molar-refractivity contribution in [2.24, 2.45) is 0 Å². The van der Waals surface area contributed by atoms with Crippen molar-refractivity contribution in [3.63, 3.8) is 0 Å². The van der Waals surface area contributed by atoms with Crippen LogP contribution in [0.15, 0.2) is 28.5 Å². The SMILES string of the molecule is O=C1NC(=O)[SH]2C=Cc3ccc1cc32. The Morgan fingerprint density at radius 1 is 1.21 bits per heavy atom. The van der Waals surface area contributed by atoms with E-state index in [9.17, 15) is 9.59 Å². The zero-order valence-electron chi connectivity index (χ0n) is 7.15. The molecule has 1 atom stereocenters. The number of thiol groups is 1. The third kappa shape index (κ3) is 0.886. The molecule has 3 rings (SSSR count). The number of hydrogen-bond acceptors (Lipinski definition) is 2. The minimum Gasteiger partial charge on any atom is -0.284 e. The fourth-order valence-corrected chi connectivity index (χ4v) is 3.43. The molecule has 1 aromatic carbocycles. The van der Waals surface area contributed by atoms with Crippen LogP contribution < -0.4 is 5.32 Å². The Kier molecular flexibility index (Phi) is 1.39. The number of rotatable bonds is 0. The van der Waals surface area contributed by atoms with E-state index in [-0.39, 0.29) is 11.1 Å². The monoisotopic (exact) mass is 205 g/mol. The summed E-state index contributed by atoms with van der Waals surface area (Å²) in [7, 11) is -0.948. The lowest BCUT2D eigenvalue weighted by atomic mass is 10.1. The highest BCUT2D eigenvalue weighted by atomic mass is 32.2. The number of amides is 2. The standard InChI is InChI=1S/C10H7NO2S/c12-9-7-2-1-6-3-4-14(8(6)5-7)10(13)11-9/h1-5,14H,(H,11,12,13). The van der Waals surface area contributed by atoms with Gasteiger partial charge in [0, 0.05) is 10.5 Å². The van der Waals surface area contributed by atoms with Gasteiger partial charge in [0.25, 0.3) is 11.1 Å². The van der Waals surface area contributed by atoms with Crippen LogP contribution in [0.1, 0.15) is 15.9 Å². The fraction of sp³-hybridized carbons (Fsp3) is 0. The quantitative estimate of drug-likeness (QED) is 0.635. The molecule has 1 N–H and O–H groups in total. The highest BCUT2D eigenvalue weighted by Crippen LogP contribution is 2.47. The van der Waals surface area contributed by atoms with Crippen molar-refractivity contribution in [2.75, 3.05) is 0 Å². The second kappa shape index (κ2) is 2.48. The minimum absolute atomic E-state index is 0.166. The van der Waals surface area contributed by atoms with Crippen LogP contribution in [0.4, 0.5) is 4.79 Å². The van der Waals surface area contributed by atoms with Gasteiger partial charge in [-0.05, 0) is 29.2 Å². The van der Waals surface area contributed by atoms with Crippen LogP contribution in [-0.4, -0.2) is 11.1 Å². The van der Waals surface area contributed by atoms with Crippen molar-refractivity contribution in [1.29, 1.82) is 0 Å². The molecule has 4 heteroatoms. The molecule has 70 valence electrons. The van der Waals surface area contributed by atoms with Crippen LogP contribution >= 0.6 is 10.9 Å². The Labute approximate surface area is 83.2 Å². The molecule has 2 aliphatic rings. The van der Waals surface area contributed by atoms with E-state index in [1.807, 2.05) is 23.6 Å². The molecule has 0 aromatic heterocycles. The van der Waals surface area contributed by atoms with Crippen molar-refractivity contribution in [2.45, 2.75) is 4.90 Å². The molecule has 3 nitrogen and oxygen atoms in total. The maximum Gasteiger partial charge on any atom is 0.273 e. The highest BCUT2D eigenvalue weighted by molar-refractivity contribution is 8.32. The number of carbonyl (C=O) groups is 2. The fourth-order valence-electron chi connectivity index (χ4n) is 1.68. The Morgan fingerprint density at radius 3 is 2.93 bits per heavy atom. The molecule has 1 unspecified atom stereocenters. The number of benzene rings is 1. The van der Waals surface area contributed by atoms with Gasteiger partial charge >= 0.3 is 0 Å². The number of fused-ring (bicyclic) bond motifs is 1. The lowest BCUT2D eigenvalue weighted by Gasteiger charge is -2.09. The van der Waals surface area contributed by atoms with Gasteiger partial charge in [0.1, 0.15) is 0 Å². The van der Waals surface area contributed by atoms with Crippen LogP contribution in [-0.2, 0) is 0 Å². The van der Waals surface area contributed by atoms with Gasteiger partial charge in [-0.3, -0.25) is 14.9 Å². The zero-order valence-corrected chi connectivity index (χ0v) is 8.04. The maximum absolute atomic E-state index is 11.6. The summed E-state index contributed by atoms with van der Waals surface area (Å²) in [6.07, 6.45) is 1.94. The van der Waals surface area contributed by atoms with Crippen molar-refractivity contribution in [3.8, 4) is 0 Å². The summed E-state index contributed by atoms with van der Waals surface area (Å²) in [5.41, 5.74) is 1.63. The molecule has 0 radical (unpaired) electrons. The molecule has 0 saturated heterocycles. The Balaban J connectivity index is 2.31. The van der Waals surface area contributed by atoms with Crippen LogP contribution in [0.5, 0.6) is 0 Å². The molecule has 0 aliphatic carbocycles. The average Bonchev–Trinajstić information content (AvgIpc) is 2.56. The van der Waals surface area contributed by atoms with Crippen molar-refractivity contribution in [3.05, 3.63) is 34.7 Å². The lowest BCUT2D eigenvalue weighted by molar-refractivity contribution is 0.0970. The Hall–Kier alpha value is -1.55. The highest BCUT2D eigenvalue weighted by Gasteiger charge is 2.27. The van der Waals surface area contributed by atoms with Crippen LogP contribution in [0.3, 0.4) is 0 Å². The molecule has 2 heterocycles. The number of hydrogen-bond donors (Lipinski definition) is 2. The third-order valence-electron chi connectivity index (χ3n) is 2.39. The van der Waals surface area contributed by atoms with Crippen LogP contribution in [0, 0.1) is 0 Å². The Bertz CT molecular complexity index is 493. The predicted octanol–water partition coefficient (Wildman–Crippen LogP) is 1.89. The van der Waals surface area contributed by atoms with E-state index in [2.05, 4.69) is 5.32 Å². The van der Waals surface area contributed by atoms with E-state index in [4.69, 9.17) is 0 Å². The average molecular weight is 205 g/mol. The smallest absolute Gasteiger partial charge is 0.273 e. The van der Waals surface area contributed by atoms with Gasteiger partial charge in [-0.1, -0.05) is 6.07 Å². The van der Waals surface area contributed by atoms with E-state index in [0.717, 1.165) is 10.5 Å². The van der Waals surface area contributed by atoms with Gasteiger partial charge in [0.05, 0.1) is 0 Å². The minimum atomic E-state index is -0.948. The molecule has 1 aromatic rings. The molecule has 2 aliphatic heterocycles. The first-order valence-electron chi connectivity index (χ1n) is 4.22. The van der Waals surface area contributed by atoms with Gasteiger partial charge in [-0.2, -0.15) is 0 Å². The molecule has 0 fully saturated rings. The van der Waals surface area contributed by atoms with Crippen molar-refractivity contribution < 1.29 is 9.59 Å². The molecule has 14 heavy (non-hydrogen) atoms. The van der Waals surface area contributed by atoms with Crippen LogP contribution in [0.25, 0.3) is 6.08 Å². The number of carbonyl (C=O) groups excluding carboxylic acids is 2. The van der Waals surface area contributed by atoms with Gasteiger partial charge in [0.15, 0.2) is 0 Å². The molecule has 2 amide bonds. The maximum atomic E-state index is 11.6. The summed E-state index contributed by atoms with van der Waals surface area (Å²) in [6, 6.07) is 5.46. The van der Waals surface area contributed by atoms with Crippen molar-refractivity contribution in [1.82, 2.24) is 5.32 Å². The third-order valence-corrected chi connectivity index (χ3v) is 4.30. The first kappa shape index (κ1) is 7.82. The first-order chi connectivity index (χ1) is 6.75. The van der Waals surface area contributed by atoms with Crippen molar-refractivity contribution >= 4 is 28.1 Å². The second-order valence-corrected chi connectivity index (χ2v) is 5.14. The Morgan fingerprint density at radius 2 is 2.07 bits per heavy atom. The van der Waals surface area contributed by atoms with E-state index in [0.29, 0.717) is 5.56 Å². The molecule has 0 spiro atoms. The summed E-state index contributed by atoms with van der Waals surface area (Å²) < 4.78 is 0. The van der Waals surface area contributed by atoms with Gasteiger partial charge in [0.2, 0.25) is 0 Å². The van der Waals surface area contributed by atoms with Gasteiger partial charge in [-0.15, -0.1) is 10.9 Å².